The zero-order valence-electron chi connectivity index (χ0n) is 11.9. The molecule has 1 aromatic heterocycles. The standard InChI is InChI=1S/C13H20N2O4S2/c1-10(8-15-4-2-3-5-15)7-14-21(18,19)11-6-12(13(16)17)20-9-11/h6,9-10,14H,2-5,7-8H2,1H3,(H,16,17). The number of likely N-dealkylation sites (tertiary alicyclic amines) is 1. The van der Waals surface area contributed by atoms with E-state index in [1.54, 1.807) is 0 Å². The Morgan fingerprint density at radius 3 is 2.71 bits per heavy atom. The summed E-state index contributed by atoms with van der Waals surface area (Å²) in [5.41, 5.74) is 0. The van der Waals surface area contributed by atoms with Crippen molar-refractivity contribution in [2.45, 2.75) is 24.7 Å². The molecule has 2 rings (SSSR count). The van der Waals surface area contributed by atoms with Gasteiger partial charge in [0.05, 0.1) is 4.90 Å². The molecule has 2 heterocycles. The Morgan fingerprint density at radius 1 is 1.48 bits per heavy atom. The quantitative estimate of drug-likeness (QED) is 0.789. The minimum Gasteiger partial charge on any atom is -0.477 e. The van der Waals surface area contributed by atoms with Crippen LogP contribution in [-0.4, -0.2) is 50.6 Å². The largest absolute Gasteiger partial charge is 0.477 e. The van der Waals surface area contributed by atoms with Crippen LogP contribution in [0.3, 0.4) is 0 Å². The van der Waals surface area contributed by atoms with E-state index in [9.17, 15) is 13.2 Å². The van der Waals surface area contributed by atoms with Gasteiger partial charge in [0.2, 0.25) is 10.0 Å². The number of nitrogens with zero attached hydrogens (tertiary/aromatic N) is 1. The van der Waals surface area contributed by atoms with Crippen molar-refractivity contribution >= 4 is 27.3 Å². The van der Waals surface area contributed by atoms with E-state index < -0.39 is 16.0 Å². The molecule has 8 heteroatoms. The molecule has 1 aliphatic heterocycles. The lowest BCUT2D eigenvalue weighted by atomic mass is 10.2. The van der Waals surface area contributed by atoms with Crippen LogP contribution in [0.15, 0.2) is 16.3 Å². The van der Waals surface area contributed by atoms with Gasteiger partial charge in [-0.05, 0) is 37.9 Å². The Morgan fingerprint density at radius 2 is 2.14 bits per heavy atom. The van der Waals surface area contributed by atoms with Crippen molar-refractivity contribution in [3.8, 4) is 0 Å². The van der Waals surface area contributed by atoms with Crippen molar-refractivity contribution in [3.05, 3.63) is 16.3 Å². The molecule has 1 atom stereocenters. The average Bonchev–Trinajstić information content (AvgIpc) is 3.07. The SMILES string of the molecule is CC(CNS(=O)(=O)c1csc(C(=O)O)c1)CN1CCCC1. The van der Waals surface area contributed by atoms with Crippen LogP contribution in [0.25, 0.3) is 0 Å². The molecular formula is C13H20N2O4S2. The molecule has 0 radical (unpaired) electrons. The van der Waals surface area contributed by atoms with Gasteiger partial charge in [0.15, 0.2) is 0 Å². The zero-order valence-corrected chi connectivity index (χ0v) is 13.5. The summed E-state index contributed by atoms with van der Waals surface area (Å²) in [4.78, 5) is 13.2. The number of carbonyl (C=O) groups is 1. The lowest BCUT2D eigenvalue weighted by molar-refractivity contribution is 0.0702. The number of nitrogens with one attached hydrogen (secondary N) is 1. The number of sulfonamides is 1. The second-order valence-corrected chi connectivity index (χ2v) is 8.09. The molecule has 1 aromatic rings. The molecule has 1 saturated heterocycles. The normalized spacial score (nSPS) is 18.0. The van der Waals surface area contributed by atoms with E-state index >= 15 is 0 Å². The summed E-state index contributed by atoms with van der Waals surface area (Å²) in [5.74, 6) is -0.890. The second-order valence-electron chi connectivity index (χ2n) is 5.42. The van der Waals surface area contributed by atoms with E-state index in [1.807, 2.05) is 6.92 Å². The van der Waals surface area contributed by atoms with Gasteiger partial charge in [-0.1, -0.05) is 6.92 Å². The fourth-order valence-electron chi connectivity index (χ4n) is 2.38. The summed E-state index contributed by atoms with van der Waals surface area (Å²) >= 11 is 0.918. The Labute approximate surface area is 128 Å². The van der Waals surface area contributed by atoms with E-state index in [2.05, 4.69) is 9.62 Å². The van der Waals surface area contributed by atoms with Gasteiger partial charge in [-0.15, -0.1) is 11.3 Å². The summed E-state index contributed by atoms with van der Waals surface area (Å²) in [5, 5.41) is 10.2. The Hall–Kier alpha value is -0.960. The van der Waals surface area contributed by atoms with Crippen LogP contribution in [0, 0.1) is 5.92 Å². The van der Waals surface area contributed by atoms with E-state index in [-0.39, 0.29) is 15.7 Å². The van der Waals surface area contributed by atoms with Gasteiger partial charge in [-0.3, -0.25) is 0 Å². The summed E-state index contributed by atoms with van der Waals surface area (Å²) < 4.78 is 26.8. The average molecular weight is 332 g/mol. The summed E-state index contributed by atoms with van der Waals surface area (Å²) in [6.45, 7) is 5.42. The first-order valence-corrected chi connectivity index (χ1v) is 9.28. The number of carboxylic acid groups (broad SMARTS) is 1. The van der Waals surface area contributed by atoms with Crippen LogP contribution >= 0.6 is 11.3 Å². The van der Waals surface area contributed by atoms with Crippen molar-refractivity contribution in [2.75, 3.05) is 26.2 Å². The zero-order chi connectivity index (χ0) is 15.5. The number of hydrogen-bond acceptors (Lipinski definition) is 5. The molecule has 118 valence electrons. The first kappa shape index (κ1) is 16.4. The Kier molecular flexibility index (Phi) is 5.37. The highest BCUT2D eigenvalue weighted by Gasteiger charge is 2.20. The summed E-state index contributed by atoms with van der Waals surface area (Å²) in [6, 6.07) is 1.19. The van der Waals surface area contributed by atoms with Crippen LogP contribution in [-0.2, 0) is 10.0 Å². The van der Waals surface area contributed by atoms with E-state index in [0.717, 1.165) is 31.0 Å². The fourth-order valence-corrected chi connectivity index (χ4v) is 4.65. The molecule has 1 aliphatic rings. The van der Waals surface area contributed by atoms with Crippen molar-refractivity contribution in [2.24, 2.45) is 5.92 Å². The molecule has 1 fully saturated rings. The highest BCUT2D eigenvalue weighted by Crippen LogP contribution is 2.19. The van der Waals surface area contributed by atoms with Gasteiger partial charge >= 0.3 is 5.97 Å². The van der Waals surface area contributed by atoms with Gasteiger partial charge in [0, 0.05) is 18.5 Å². The summed E-state index contributed by atoms with van der Waals surface area (Å²) in [7, 11) is -3.62. The van der Waals surface area contributed by atoms with Gasteiger partial charge < -0.3 is 10.0 Å². The first-order valence-electron chi connectivity index (χ1n) is 6.92. The number of thiophene rings is 1. The molecule has 1 unspecified atom stereocenters. The minimum atomic E-state index is -3.62. The number of carboxylic acids is 1. The van der Waals surface area contributed by atoms with Crippen LogP contribution < -0.4 is 4.72 Å². The fraction of sp³-hybridized carbons (Fsp3) is 0.615. The van der Waals surface area contributed by atoms with E-state index in [4.69, 9.17) is 5.11 Å². The molecule has 0 aliphatic carbocycles. The smallest absolute Gasteiger partial charge is 0.345 e. The molecule has 6 nitrogen and oxygen atoms in total. The Bertz CT molecular complexity index is 591. The van der Waals surface area contributed by atoms with Gasteiger partial charge in [-0.2, -0.15) is 0 Å². The number of rotatable bonds is 7. The molecule has 0 spiro atoms. The van der Waals surface area contributed by atoms with E-state index in [1.165, 1.54) is 24.3 Å². The van der Waals surface area contributed by atoms with E-state index in [0.29, 0.717) is 6.54 Å². The van der Waals surface area contributed by atoms with Crippen molar-refractivity contribution in [1.82, 2.24) is 9.62 Å². The number of aromatic carboxylic acids is 1. The number of hydrogen-bond donors (Lipinski definition) is 2. The predicted octanol–water partition coefficient (Wildman–Crippen LogP) is 1.46. The molecule has 0 bridgehead atoms. The van der Waals surface area contributed by atoms with Crippen molar-refractivity contribution < 1.29 is 18.3 Å². The van der Waals surface area contributed by atoms with Gasteiger partial charge in [-0.25, -0.2) is 17.9 Å². The van der Waals surface area contributed by atoms with Crippen molar-refractivity contribution in [3.63, 3.8) is 0 Å². The second kappa shape index (κ2) is 6.87. The van der Waals surface area contributed by atoms with Gasteiger partial charge in [0.1, 0.15) is 4.88 Å². The monoisotopic (exact) mass is 332 g/mol. The molecule has 2 N–H and O–H groups in total. The maximum Gasteiger partial charge on any atom is 0.345 e. The van der Waals surface area contributed by atoms with Gasteiger partial charge in [0.25, 0.3) is 0 Å². The molecule has 0 amide bonds. The van der Waals surface area contributed by atoms with Crippen LogP contribution in [0.1, 0.15) is 29.4 Å². The molecular weight excluding hydrogens is 312 g/mol. The maximum absolute atomic E-state index is 12.1. The molecule has 0 saturated carbocycles. The highest BCUT2D eigenvalue weighted by molar-refractivity contribution is 7.89. The minimum absolute atomic E-state index is 0.0262. The third-order valence-corrected chi connectivity index (χ3v) is 5.96. The predicted molar refractivity (Wildman–Crippen MR) is 81.3 cm³/mol. The lowest BCUT2D eigenvalue weighted by Gasteiger charge is -2.20. The third-order valence-electron chi connectivity index (χ3n) is 3.49. The summed E-state index contributed by atoms with van der Waals surface area (Å²) in [6.07, 6.45) is 2.43. The Balaban J connectivity index is 1.89. The van der Waals surface area contributed by atoms with Crippen LogP contribution in [0.5, 0.6) is 0 Å². The molecule has 0 aromatic carbocycles. The lowest BCUT2D eigenvalue weighted by Crippen LogP contribution is -2.34. The first-order chi connectivity index (χ1) is 9.88. The third kappa shape index (κ3) is 4.50. The van der Waals surface area contributed by atoms with Crippen LogP contribution in [0.2, 0.25) is 0 Å². The maximum atomic E-state index is 12.1. The topological polar surface area (TPSA) is 86.7 Å². The molecule has 21 heavy (non-hydrogen) atoms. The van der Waals surface area contributed by atoms with Crippen LogP contribution in [0.4, 0.5) is 0 Å². The highest BCUT2D eigenvalue weighted by atomic mass is 32.2. The van der Waals surface area contributed by atoms with Crippen molar-refractivity contribution in [1.29, 1.82) is 0 Å².